The zero-order chi connectivity index (χ0) is 13.8. The van der Waals surface area contributed by atoms with E-state index in [1.165, 1.54) is 0 Å². The smallest absolute Gasteiger partial charge is 0.320 e. The molecule has 0 saturated heterocycles. The Hall–Kier alpha value is -2.21. The number of nitrogens with zero attached hydrogens (tertiary/aromatic N) is 2. The molecule has 0 fully saturated rings. The molecule has 0 aliphatic carbocycles. The van der Waals surface area contributed by atoms with Gasteiger partial charge in [0.05, 0.1) is 6.54 Å². The molecule has 2 rings (SSSR count). The molecule has 0 aliphatic rings. The van der Waals surface area contributed by atoms with E-state index >= 15 is 0 Å². The van der Waals surface area contributed by atoms with E-state index in [1.807, 2.05) is 31.2 Å². The van der Waals surface area contributed by atoms with Crippen LogP contribution in [0.15, 0.2) is 28.7 Å². The molecule has 6 heteroatoms. The minimum absolute atomic E-state index is 0.229. The van der Waals surface area contributed by atoms with Gasteiger partial charge in [-0.1, -0.05) is 17.7 Å². The van der Waals surface area contributed by atoms with Crippen molar-refractivity contribution in [1.82, 2.24) is 15.5 Å². The third kappa shape index (κ3) is 3.38. The van der Waals surface area contributed by atoms with Gasteiger partial charge in [0.25, 0.3) is 0 Å². The van der Waals surface area contributed by atoms with Crippen LogP contribution in [0.5, 0.6) is 0 Å². The topological polar surface area (TPSA) is 88.2 Å². The molecule has 2 aromatic rings. The Balaban J connectivity index is 2.03. The SMILES string of the molecule is Cc1ccc(-c2nnc(CN[C@H](C)C(=O)O)o2)cc1. The van der Waals surface area contributed by atoms with Crippen molar-refractivity contribution in [2.75, 3.05) is 0 Å². The second-order valence-electron chi connectivity index (χ2n) is 4.31. The summed E-state index contributed by atoms with van der Waals surface area (Å²) in [5.41, 5.74) is 2.00. The lowest BCUT2D eigenvalue weighted by Gasteiger charge is -2.05. The fraction of sp³-hybridized carbons (Fsp3) is 0.308. The van der Waals surface area contributed by atoms with Gasteiger partial charge in [0.15, 0.2) is 0 Å². The van der Waals surface area contributed by atoms with Gasteiger partial charge < -0.3 is 9.52 Å². The van der Waals surface area contributed by atoms with E-state index in [9.17, 15) is 4.79 Å². The van der Waals surface area contributed by atoms with Gasteiger partial charge in [0, 0.05) is 5.56 Å². The molecule has 0 aliphatic heterocycles. The Morgan fingerprint density at radius 2 is 2.05 bits per heavy atom. The third-order valence-corrected chi connectivity index (χ3v) is 2.70. The minimum Gasteiger partial charge on any atom is -0.480 e. The number of rotatable bonds is 5. The first-order chi connectivity index (χ1) is 9.06. The fourth-order valence-corrected chi connectivity index (χ4v) is 1.47. The zero-order valence-corrected chi connectivity index (χ0v) is 10.8. The second-order valence-corrected chi connectivity index (χ2v) is 4.31. The molecule has 1 atom stereocenters. The van der Waals surface area contributed by atoms with Gasteiger partial charge in [0.1, 0.15) is 6.04 Å². The van der Waals surface area contributed by atoms with E-state index in [1.54, 1.807) is 6.92 Å². The summed E-state index contributed by atoms with van der Waals surface area (Å²) in [6.45, 7) is 3.78. The first kappa shape index (κ1) is 13.2. The van der Waals surface area contributed by atoms with Gasteiger partial charge >= 0.3 is 5.97 Å². The molecular formula is C13H15N3O3. The molecule has 19 heavy (non-hydrogen) atoms. The van der Waals surface area contributed by atoms with E-state index in [0.29, 0.717) is 11.8 Å². The van der Waals surface area contributed by atoms with Crippen molar-refractivity contribution in [2.24, 2.45) is 0 Å². The van der Waals surface area contributed by atoms with Crippen LogP contribution in [0.4, 0.5) is 0 Å². The van der Waals surface area contributed by atoms with Crippen LogP contribution in [0, 0.1) is 6.92 Å². The molecule has 1 aromatic heterocycles. The van der Waals surface area contributed by atoms with Gasteiger partial charge in [-0.05, 0) is 26.0 Å². The number of aromatic nitrogens is 2. The van der Waals surface area contributed by atoms with Gasteiger partial charge in [0.2, 0.25) is 11.8 Å². The third-order valence-electron chi connectivity index (χ3n) is 2.70. The summed E-state index contributed by atoms with van der Waals surface area (Å²) in [4.78, 5) is 10.6. The maximum atomic E-state index is 10.6. The molecule has 0 unspecified atom stereocenters. The van der Waals surface area contributed by atoms with Crippen LogP contribution in [0.3, 0.4) is 0 Å². The van der Waals surface area contributed by atoms with Gasteiger partial charge in [-0.25, -0.2) is 0 Å². The van der Waals surface area contributed by atoms with Crippen LogP contribution in [0.25, 0.3) is 11.5 Å². The van der Waals surface area contributed by atoms with Crippen LogP contribution in [-0.4, -0.2) is 27.3 Å². The number of benzene rings is 1. The molecule has 0 bridgehead atoms. The average molecular weight is 261 g/mol. The molecule has 100 valence electrons. The highest BCUT2D eigenvalue weighted by Gasteiger charge is 2.13. The Morgan fingerprint density at radius 3 is 2.68 bits per heavy atom. The summed E-state index contributed by atoms with van der Waals surface area (Å²) in [5.74, 6) is -0.123. The number of aryl methyl sites for hydroxylation is 1. The number of hydrogen-bond donors (Lipinski definition) is 2. The zero-order valence-electron chi connectivity index (χ0n) is 10.8. The summed E-state index contributed by atoms with van der Waals surface area (Å²) in [6.07, 6.45) is 0. The molecule has 6 nitrogen and oxygen atoms in total. The van der Waals surface area contributed by atoms with Crippen LogP contribution >= 0.6 is 0 Å². The van der Waals surface area contributed by atoms with E-state index in [2.05, 4.69) is 15.5 Å². The van der Waals surface area contributed by atoms with Crippen molar-refractivity contribution in [3.8, 4) is 11.5 Å². The lowest BCUT2D eigenvalue weighted by atomic mass is 10.1. The quantitative estimate of drug-likeness (QED) is 0.850. The number of carbonyl (C=O) groups is 1. The Labute approximate surface area is 110 Å². The Bertz CT molecular complexity index is 563. The maximum Gasteiger partial charge on any atom is 0.320 e. The van der Waals surface area contributed by atoms with E-state index in [-0.39, 0.29) is 6.54 Å². The lowest BCUT2D eigenvalue weighted by molar-refractivity contribution is -0.139. The van der Waals surface area contributed by atoms with E-state index in [4.69, 9.17) is 9.52 Å². The predicted octanol–water partition coefficient (Wildman–Crippen LogP) is 1.61. The first-order valence-corrected chi connectivity index (χ1v) is 5.92. The molecule has 0 amide bonds. The Morgan fingerprint density at radius 1 is 1.37 bits per heavy atom. The number of aliphatic carboxylic acids is 1. The van der Waals surface area contributed by atoms with Crippen LogP contribution in [0.1, 0.15) is 18.4 Å². The largest absolute Gasteiger partial charge is 0.480 e. The highest BCUT2D eigenvalue weighted by molar-refractivity contribution is 5.72. The summed E-state index contributed by atoms with van der Waals surface area (Å²) < 4.78 is 5.46. The van der Waals surface area contributed by atoms with Crippen LogP contribution in [0.2, 0.25) is 0 Å². The summed E-state index contributed by atoms with van der Waals surface area (Å²) in [6, 6.07) is 7.07. The predicted molar refractivity (Wildman–Crippen MR) is 68.4 cm³/mol. The molecule has 0 spiro atoms. The molecule has 1 aromatic carbocycles. The second kappa shape index (κ2) is 5.62. The average Bonchev–Trinajstić information content (AvgIpc) is 2.85. The number of nitrogens with one attached hydrogen (secondary N) is 1. The van der Waals surface area contributed by atoms with E-state index < -0.39 is 12.0 Å². The number of carboxylic acids is 1. The fourth-order valence-electron chi connectivity index (χ4n) is 1.47. The maximum absolute atomic E-state index is 10.6. The standard InChI is InChI=1S/C13H15N3O3/c1-8-3-5-10(6-4-8)12-16-15-11(19-12)7-14-9(2)13(17)18/h3-6,9,14H,7H2,1-2H3,(H,17,18)/t9-/m1/s1. The van der Waals surface area contributed by atoms with Crippen molar-refractivity contribution in [1.29, 1.82) is 0 Å². The van der Waals surface area contributed by atoms with Gasteiger partial charge in [-0.2, -0.15) is 0 Å². The monoisotopic (exact) mass is 261 g/mol. The first-order valence-electron chi connectivity index (χ1n) is 5.92. The van der Waals surface area contributed by atoms with E-state index in [0.717, 1.165) is 11.1 Å². The van der Waals surface area contributed by atoms with Crippen LogP contribution in [-0.2, 0) is 11.3 Å². The van der Waals surface area contributed by atoms with Gasteiger partial charge in [-0.3, -0.25) is 10.1 Å². The van der Waals surface area contributed by atoms with Crippen molar-refractivity contribution in [3.05, 3.63) is 35.7 Å². The molecular weight excluding hydrogens is 246 g/mol. The van der Waals surface area contributed by atoms with Crippen molar-refractivity contribution >= 4 is 5.97 Å². The molecule has 0 radical (unpaired) electrons. The van der Waals surface area contributed by atoms with Gasteiger partial charge in [-0.15, -0.1) is 10.2 Å². The lowest BCUT2D eigenvalue weighted by Crippen LogP contribution is -2.33. The summed E-state index contributed by atoms with van der Waals surface area (Å²) in [7, 11) is 0. The van der Waals surface area contributed by atoms with Crippen molar-refractivity contribution < 1.29 is 14.3 Å². The normalized spacial score (nSPS) is 12.3. The summed E-state index contributed by atoms with van der Waals surface area (Å²) in [5, 5.41) is 19.3. The molecule has 1 heterocycles. The number of hydrogen-bond acceptors (Lipinski definition) is 5. The van der Waals surface area contributed by atoms with Crippen molar-refractivity contribution in [2.45, 2.75) is 26.4 Å². The minimum atomic E-state index is -0.918. The number of carboxylic acid groups (broad SMARTS) is 1. The highest BCUT2D eigenvalue weighted by Crippen LogP contribution is 2.18. The van der Waals surface area contributed by atoms with Crippen LogP contribution < -0.4 is 5.32 Å². The molecule has 0 saturated carbocycles. The summed E-state index contributed by atoms with van der Waals surface area (Å²) >= 11 is 0. The highest BCUT2D eigenvalue weighted by atomic mass is 16.4. The Kier molecular flexibility index (Phi) is 3.91. The van der Waals surface area contributed by atoms with Crippen molar-refractivity contribution in [3.63, 3.8) is 0 Å². The molecule has 2 N–H and O–H groups in total.